The van der Waals surface area contributed by atoms with Gasteiger partial charge < -0.3 is 4.42 Å². The highest BCUT2D eigenvalue weighted by atomic mass is 79.9. The van der Waals surface area contributed by atoms with Crippen LogP contribution in [-0.4, -0.2) is 4.98 Å². The van der Waals surface area contributed by atoms with E-state index in [-0.39, 0.29) is 4.83 Å². The molecule has 2 rings (SSSR count). The Morgan fingerprint density at radius 3 is 2.94 bits per heavy atom. The molecular formula is C14H16BrNO. The van der Waals surface area contributed by atoms with Crippen molar-refractivity contribution in [3.63, 3.8) is 0 Å². The highest BCUT2D eigenvalue weighted by molar-refractivity contribution is 9.09. The number of halogens is 1. The number of alkyl halides is 1. The normalized spacial score (nSPS) is 12.6. The lowest BCUT2D eigenvalue weighted by Gasteiger charge is -2.10. The Morgan fingerprint density at radius 1 is 1.41 bits per heavy atom. The van der Waals surface area contributed by atoms with E-state index in [0.717, 1.165) is 24.3 Å². The maximum absolute atomic E-state index is 5.45. The summed E-state index contributed by atoms with van der Waals surface area (Å²) >= 11 is 3.73. The molecule has 2 aromatic rings. The molecule has 0 spiro atoms. The lowest BCUT2D eigenvalue weighted by Crippen LogP contribution is -2.01. The van der Waals surface area contributed by atoms with Crippen molar-refractivity contribution in [3.8, 4) is 0 Å². The van der Waals surface area contributed by atoms with Crippen LogP contribution in [0.15, 0.2) is 35.1 Å². The van der Waals surface area contributed by atoms with Gasteiger partial charge in [0.1, 0.15) is 5.76 Å². The predicted molar refractivity (Wildman–Crippen MR) is 72.4 cm³/mol. The maximum atomic E-state index is 5.45. The summed E-state index contributed by atoms with van der Waals surface area (Å²) in [4.78, 5) is 4.69. The monoisotopic (exact) mass is 293 g/mol. The quantitative estimate of drug-likeness (QED) is 0.789. The van der Waals surface area contributed by atoms with Crippen molar-refractivity contribution in [2.75, 3.05) is 0 Å². The molecule has 0 aliphatic rings. The smallest absolute Gasteiger partial charge is 0.107 e. The third-order valence-corrected chi connectivity index (χ3v) is 3.75. The van der Waals surface area contributed by atoms with Crippen LogP contribution < -0.4 is 0 Å². The summed E-state index contributed by atoms with van der Waals surface area (Å²) in [5, 5.41) is 0. The Morgan fingerprint density at radius 2 is 2.24 bits per heavy atom. The molecule has 0 radical (unpaired) electrons. The van der Waals surface area contributed by atoms with Crippen LogP contribution in [0.5, 0.6) is 0 Å². The van der Waals surface area contributed by atoms with E-state index in [1.165, 1.54) is 11.1 Å². The molecule has 0 aliphatic carbocycles. The molecule has 0 saturated carbocycles. The van der Waals surface area contributed by atoms with Gasteiger partial charge in [-0.3, -0.25) is 4.98 Å². The van der Waals surface area contributed by atoms with Crippen LogP contribution in [0.1, 0.15) is 34.3 Å². The fourth-order valence-corrected chi connectivity index (χ4v) is 2.64. The average Bonchev–Trinajstić information content (AvgIpc) is 2.80. The standard InChI is InChI=1S/C14H16BrNO/c1-3-14-11(6-8-17-14)12(15)9-13-10(2)5-4-7-16-13/h4-8,12H,3,9H2,1-2H3. The lowest BCUT2D eigenvalue weighted by atomic mass is 10.0. The van der Waals surface area contributed by atoms with E-state index >= 15 is 0 Å². The second-order valence-electron chi connectivity index (χ2n) is 4.09. The number of hydrogen-bond acceptors (Lipinski definition) is 2. The SMILES string of the molecule is CCc1occc1C(Br)Cc1ncccc1C. The minimum Gasteiger partial charge on any atom is -0.469 e. The topological polar surface area (TPSA) is 26.0 Å². The third kappa shape index (κ3) is 2.78. The van der Waals surface area contributed by atoms with Crippen LogP contribution in [0.2, 0.25) is 0 Å². The summed E-state index contributed by atoms with van der Waals surface area (Å²) in [6.45, 7) is 4.20. The number of aromatic nitrogens is 1. The molecule has 0 bridgehead atoms. The molecule has 0 amide bonds. The molecule has 0 aliphatic heterocycles. The molecule has 0 aromatic carbocycles. The van der Waals surface area contributed by atoms with Gasteiger partial charge in [0.25, 0.3) is 0 Å². The lowest BCUT2D eigenvalue weighted by molar-refractivity contribution is 0.511. The van der Waals surface area contributed by atoms with Gasteiger partial charge >= 0.3 is 0 Å². The summed E-state index contributed by atoms with van der Waals surface area (Å²) in [7, 11) is 0. The Balaban J connectivity index is 2.17. The Labute approximate surface area is 110 Å². The van der Waals surface area contributed by atoms with Crippen molar-refractivity contribution < 1.29 is 4.42 Å². The molecular weight excluding hydrogens is 278 g/mol. The van der Waals surface area contributed by atoms with Gasteiger partial charge in [-0.15, -0.1) is 0 Å². The van der Waals surface area contributed by atoms with Crippen LogP contribution in [0.4, 0.5) is 0 Å². The van der Waals surface area contributed by atoms with Gasteiger partial charge in [0.2, 0.25) is 0 Å². The first-order chi connectivity index (χ1) is 8.22. The number of hydrogen-bond donors (Lipinski definition) is 0. The van der Waals surface area contributed by atoms with Gasteiger partial charge in [0, 0.05) is 35.1 Å². The van der Waals surface area contributed by atoms with Crippen molar-refractivity contribution in [2.45, 2.75) is 31.5 Å². The van der Waals surface area contributed by atoms with Crippen molar-refractivity contribution >= 4 is 15.9 Å². The van der Waals surface area contributed by atoms with Crippen LogP contribution >= 0.6 is 15.9 Å². The molecule has 0 N–H and O–H groups in total. The van der Waals surface area contributed by atoms with Crippen LogP contribution in [0.3, 0.4) is 0 Å². The first-order valence-corrected chi connectivity index (χ1v) is 6.74. The van der Waals surface area contributed by atoms with Crippen molar-refractivity contribution in [1.82, 2.24) is 4.98 Å². The van der Waals surface area contributed by atoms with E-state index in [1.807, 2.05) is 18.3 Å². The molecule has 1 unspecified atom stereocenters. The number of rotatable bonds is 4. The minimum absolute atomic E-state index is 0.268. The first kappa shape index (κ1) is 12.4. The fraction of sp³-hybridized carbons (Fsp3) is 0.357. The Kier molecular flexibility index (Phi) is 4.00. The molecule has 17 heavy (non-hydrogen) atoms. The van der Waals surface area contributed by atoms with Crippen molar-refractivity contribution in [3.05, 3.63) is 53.2 Å². The van der Waals surface area contributed by atoms with Gasteiger partial charge in [0.05, 0.1) is 6.26 Å². The number of furan rings is 1. The second-order valence-corrected chi connectivity index (χ2v) is 5.20. The maximum Gasteiger partial charge on any atom is 0.107 e. The highest BCUT2D eigenvalue weighted by Gasteiger charge is 2.15. The zero-order valence-corrected chi connectivity index (χ0v) is 11.7. The molecule has 3 heteroatoms. The van der Waals surface area contributed by atoms with Gasteiger partial charge in [-0.1, -0.05) is 28.9 Å². The third-order valence-electron chi connectivity index (χ3n) is 2.93. The van der Waals surface area contributed by atoms with E-state index < -0.39 is 0 Å². The zero-order valence-electron chi connectivity index (χ0n) is 10.1. The summed E-state index contributed by atoms with van der Waals surface area (Å²) < 4.78 is 5.45. The van der Waals surface area contributed by atoms with Gasteiger partial charge in [-0.05, 0) is 24.6 Å². The molecule has 2 aromatic heterocycles. The van der Waals surface area contributed by atoms with E-state index in [2.05, 4.69) is 40.8 Å². The van der Waals surface area contributed by atoms with Crippen LogP contribution in [-0.2, 0) is 12.8 Å². The largest absolute Gasteiger partial charge is 0.469 e. The minimum atomic E-state index is 0.268. The van der Waals surface area contributed by atoms with Gasteiger partial charge in [0.15, 0.2) is 0 Å². The fourth-order valence-electron chi connectivity index (χ4n) is 1.93. The molecule has 0 saturated heterocycles. The van der Waals surface area contributed by atoms with Crippen molar-refractivity contribution in [1.29, 1.82) is 0 Å². The number of nitrogens with zero attached hydrogens (tertiary/aromatic N) is 1. The summed E-state index contributed by atoms with van der Waals surface area (Å²) in [5.41, 5.74) is 3.61. The second kappa shape index (κ2) is 5.50. The summed E-state index contributed by atoms with van der Waals surface area (Å²) in [5.74, 6) is 1.06. The molecule has 2 nitrogen and oxygen atoms in total. The van der Waals surface area contributed by atoms with E-state index in [4.69, 9.17) is 4.42 Å². The molecule has 2 heterocycles. The number of pyridine rings is 1. The molecule has 1 atom stereocenters. The average molecular weight is 294 g/mol. The van der Waals surface area contributed by atoms with Crippen LogP contribution in [0.25, 0.3) is 0 Å². The zero-order chi connectivity index (χ0) is 12.3. The molecule has 0 fully saturated rings. The van der Waals surface area contributed by atoms with Gasteiger partial charge in [-0.2, -0.15) is 0 Å². The predicted octanol–water partition coefficient (Wildman–Crippen LogP) is 4.22. The summed E-state index contributed by atoms with van der Waals surface area (Å²) in [6, 6.07) is 6.10. The Hall–Kier alpha value is -1.09. The number of aryl methyl sites for hydroxylation is 2. The van der Waals surface area contributed by atoms with E-state index in [0.29, 0.717) is 0 Å². The summed E-state index contributed by atoms with van der Waals surface area (Å²) in [6.07, 6.45) is 5.41. The molecule has 90 valence electrons. The van der Waals surface area contributed by atoms with Crippen LogP contribution in [0, 0.1) is 6.92 Å². The van der Waals surface area contributed by atoms with E-state index in [1.54, 1.807) is 6.26 Å². The Bertz CT molecular complexity index is 492. The highest BCUT2D eigenvalue weighted by Crippen LogP contribution is 2.30. The van der Waals surface area contributed by atoms with Crippen molar-refractivity contribution in [2.24, 2.45) is 0 Å². The van der Waals surface area contributed by atoms with E-state index in [9.17, 15) is 0 Å². The van der Waals surface area contributed by atoms with Gasteiger partial charge in [-0.25, -0.2) is 0 Å². The first-order valence-electron chi connectivity index (χ1n) is 5.83.